The molecule has 0 atom stereocenters. The summed E-state index contributed by atoms with van der Waals surface area (Å²) in [5, 5.41) is 10.8. The summed E-state index contributed by atoms with van der Waals surface area (Å²) in [4.78, 5) is 21.9. The average molecular weight is 339 g/mol. The first-order valence-electron chi connectivity index (χ1n) is 5.77. The van der Waals surface area contributed by atoms with Gasteiger partial charge in [-0.2, -0.15) is 0 Å². The maximum Gasteiger partial charge on any atom is 0.271 e. The lowest BCUT2D eigenvalue weighted by Crippen LogP contribution is -2.28. The van der Waals surface area contributed by atoms with Crippen molar-refractivity contribution in [3.63, 3.8) is 0 Å². The van der Waals surface area contributed by atoms with Gasteiger partial charge in [0.15, 0.2) is 5.82 Å². The van der Waals surface area contributed by atoms with Gasteiger partial charge in [-0.15, -0.1) is 0 Å². The van der Waals surface area contributed by atoms with Crippen molar-refractivity contribution in [2.24, 2.45) is 0 Å². The van der Waals surface area contributed by atoms with Crippen LogP contribution in [0, 0.1) is 15.9 Å². The van der Waals surface area contributed by atoms with Crippen LogP contribution < -0.4 is 0 Å². The standard InChI is InChI=1S/C11H12ClFN2O5S/c1-3-4-14(2)11(16)8-5-7(15(17)18)6-9(10(8)13)21(12,19)20/h5-6H,3-4H2,1-2H3. The molecule has 21 heavy (non-hydrogen) atoms. The van der Waals surface area contributed by atoms with Gasteiger partial charge in [-0.25, -0.2) is 12.8 Å². The van der Waals surface area contributed by atoms with Crippen LogP contribution in [0.15, 0.2) is 17.0 Å². The molecule has 0 saturated heterocycles. The molecule has 10 heteroatoms. The zero-order valence-corrected chi connectivity index (χ0v) is 12.7. The smallest absolute Gasteiger partial charge is 0.271 e. The molecule has 0 aliphatic rings. The largest absolute Gasteiger partial charge is 0.342 e. The van der Waals surface area contributed by atoms with Crippen molar-refractivity contribution >= 4 is 31.3 Å². The summed E-state index contributed by atoms with van der Waals surface area (Å²) in [7, 11) is 1.86. The first-order valence-corrected chi connectivity index (χ1v) is 8.08. The molecule has 0 aliphatic heterocycles. The third-order valence-electron chi connectivity index (χ3n) is 2.63. The summed E-state index contributed by atoms with van der Waals surface area (Å²) in [5.74, 6) is -2.26. The number of nitro groups is 1. The van der Waals surface area contributed by atoms with Gasteiger partial charge in [-0.3, -0.25) is 14.9 Å². The van der Waals surface area contributed by atoms with Crippen LogP contribution in [0.3, 0.4) is 0 Å². The van der Waals surface area contributed by atoms with Crippen LogP contribution in [-0.4, -0.2) is 37.7 Å². The van der Waals surface area contributed by atoms with Crippen LogP contribution in [0.5, 0.6) is 0 Å². The minimum atomic E-state index is -4.56. The maximum absolute atomic E-state index is 14.1. The van der Waals surface area contributed by atoms with Gasteiger partial charge in [-0.05, 0) is 6.42 Å². The second-order valence-corrected chi connectivity index (χ2v) is 6.76. The van der Waals surface area contributed by atoms with Crippen molar-refractivity contribution in [1.82, 2.24) is 4.90 Å². The first-order chi connectivity index (χ1) is 9.59. The molecule has 7 nitrogen and oxygen atoms in total. The summed E-state index contributed by atoms with van der Waals surface area (Å²) in [6.45, 7) is 2.06. The molecule has 0 aromatic heterocycles. The lowest BCUT2D eigenvalue weighted by Gasteiger charge is -2.16. The molecule has 0 unspecified atom stereocenters. The Labute approximate surface area is 124 Å². The second-order valence-electron chi connectivity index (χ2n) is 4.23. The van der Waals surface area contributed by atoms with E-state index >= 15 is 0 Å². The number of benzene rings is 1. The third-order valence-corrected chi connectivity index (χ3v) is 3.95. The van der Waals surface area contributed by atoms with Crippen LogP contribution in [0.4, 0.5) is 10.1 Å². The molecule has 0 saturated carbocycles. The Balaban J connectivity index is 3.55. The van der Waals surface area contributed by atoms with E-state index in [0.29, 0.717) is 18.6 Å². The third kappa shape index (κ3) is 3.88. The highest BCUT2D eigenvalue weighted by Gasteiger charge is 2.28. The molecule has 1 amide bonds. The molecule has 0 fully saturated rings. The quantitative estimate of drug-likeness (QED) is 0.465. The number of nitrogens with zero attached hydrogens (tertiary/aromatic N) is 2. The van der Waals surface area contributed by atoms with Gasteiger partial charge in [0, 0.05) is 36.4 Å². The molecule has 1 rings (SSSR count). The van der Waals surface area contributed by atoms with Gasteiger partial charge in [0.25, 0.3) is 20.6 Å². The van der Waals surface area contributed by atoms with E-state index in [4.69, 9.17) is 10.7 Å². The molecule has 1 aromatic rings. The summed E-state index contributed by atoms with van der Waals surface area (Å²) in [5.41, 5.74) is -1.44. The molecule has 0 bridgehead atoms. The summed E-state index contributed by atoms with van der Waals surface area (Å²) < 4.78 is 36.7. The Morgan fingerprint density at radius 3 is 2.48 bits per heavy atom. The van der Waals surface area contributed by atoms with Gasteiger partial charge in [-0.1, -0.05) is 6.92 Å². The predicted octanol–water partition coefficient (Wildman–Crippen LogP) is 2.14. The minimum absolute atomic E-state index is 0.282. The van der Waals surface area contributed by atoms with E-state index < -0.39 is 41.8 Å². The zero-order chi connectivity index (χ0) is 16.4. The van der Waals surface area contributed by atoms with Crippen LogP contribution in [-0.2, 0) is 9.05 Å². The van der Waals surface area contributed by atoms with Crippen molar-refractivity contribution < 1.29 is 22.5 Å². The van der Waals surface area contributed by atoms with Gasteiger partial charge >= 0.3 is 0 Å². The van der Waals surface area contributed by atoms with Crippen molar-refractivity contribution in [3.8, 4) is 0 Å². The molecular weight excluding hydrogens is 327 g/mol. The molecule has 0 N–H and O–H groups in total. The number of nitro benzene ring substituents is 1. The predicted molar refractivity (Wildman–Crippen MR) is 73.3 cm³/mol. The van der Waals surface area contributed by atoms with E-state index in [-0.39, 0.29) is 6.54 Å². The van der Waals surface area contributed by atoms with Crippen LogP contribution in [0.2, 0.25) is 0 Å². The number of amides is 1. The van der Waals surface area contributed by atoms with Gasteiger partial charge in [0.2, 0.25) is 0 Å². The number of carbonyl (C=O) groups excluding carboxylic acids is 1. The van der Waals surface area contributed by atoms with E-state index in [9.17, 15) is 27.7 Å². The highest BCUT2D eigenvalue weighted by molar-refractivity contribution is 8.13. The van der Waals surface area contributed by atoms with Gasteiger partial charge in [0.05, 0.1) is 10.5 Å². The van der Waals surface area contributed by atoms with Crippen LogP contribution >= 0.6 is 10.7 Å². The molecule has 0 radical (unpaired) electrons. The molecular formula is C11H12ClFN2O5S. The fourth-order valence-corrected chi connectivity index (χ4v) is 2.59. The lowest BCUT2D eigenvalue weighted by atomic mass is 10.1. The molecule has 0 aliphatic carbocycles. The second kappa shape index (κ2) is 6.35. The van der Waals surface area contributed by atoms with E-state index in [1.165, 1.54) is 7.05 Å². The molecule has 116 valence electrons. The number of non-ortho nitro benzene ring substituents is 1. The number of hydrogen-bond acceptors (Lipinski definition) is 5. The van der Waals surface area contributed by atoms with E-state index in [2.05, 4.69) is 0 Å². The Hall–Kier alpha value is -1.74. The maximum atomic E-state index is 14.1. The highest BCUT2D eigenvalue weighted by Crippen LogP contribution is 2.28. The molecule has 1 aromatic carbocycles. The summed E-state index contributed by atoms with van der Waals surface area (Å²) >= 11 is 0. The Kier molecular flexibility index (Phi) is 5.24. The summed E-state index contributed by atoms with van der Waals surface area (Å²) in [6.07, 6.45) is 0.583. The van der Waals surface area contributed by atoms with E-state index in [1.807, 2.05) is 0 Å². The Morgan fingerprint density at radius 1 is 1.48 bits per heavy atom. The fourth-order valence-electron chi connectivity index (χ4n) is 1.66. The van der Waals surface area contributed by atoms with E-state index in [0.717, 1.165) is 4.90 Å². The Bertz CT molecular complexity index is 692. The van der Waals surface area contributed by atoms with E-state index in [1.54, 1.807) is 6.92 Å². The topological polar surface area (TPSA) is 97.6 Å². The lowest BCUT2D eigenvalue weighted by molar-refractivity contribution is -0.385. The molecule has 0 spiro atoms. The number of carbonyl (C=O) groups is 1. The Morgan fingerprint density at radius 2 is 2.05 bits per heavy atom. The van der Waals surface area contributed by atoms with Crippen molar-refractivity contribution in [1.29, 1.82) is 0 Å². The zero-order valence-electron chi connectivity index (χ0n) is 11.2. The minimum Gasteiger partial charge on any atom is -0.342 e. The van der Waals surface area contributed by atoms with Crippen molar-refractivity contribution in [2.45, 2.75) is 18.2 Å². The first kappa shape index (κ1) is 17.3. The monoisotopic (exact) mass is 338 g/mol. The van der Waals surface area contributed by atoms with Gasteiger partial charge in [0.1, 0.15) is 4.90 Å². The number of rotatable bonds is 5. The van der Waals surface area contributed by atoms with Crippen molar-refractivity contribution in [3.05, 3.63) is 33.6 Å². The average Bonchev–Trinajstić information content (AvgIpc) is 2.36. The SMILES string of the molecule is CCCN(C)C(=O)c1cc([N+](=O)[O-])cc(S(=O)(=O)Cl)c1F. The van der Waals surface area contributed by atoms with Gasteiger partial charge < -0.3 is 4.90 Å². The highest BCUT2D eigenvalue weighted by atomic mass is 35.7. The summed E-state index contributed by atoms with van der Waals surface area (Å²) in [6, 6.07) is 1.17. The van der Waals surface area contributed by atoms with Crippen LogP contribution in [0.25, 0.3) is 0 Å². The normalized spacial score (nSPS) is 11.2. The van der Waals surface area contributed by atoms with Crippen LogP contribution in [0.1, 0.15) is 23.7 Å². The fraction of sp³-hybridized carbons (Fsp3) is 0.364. The van der Waals surface area contributed by atoms with Crippen molar-refractivity contribution in [2.75, 3.05) is 13.6 Å². The molecule has 0 heterocycles. The number of halogens is 2. The number of hydrogen-bond donors (Lipinski definition) is 0.